The van der Waals surface area contributed by atoms with Crippen molar-refractivity contribution in [3.05, 3.63) is 22.9 Å². The molecule has 0 radical (unpaired) electrons. The molecule has 4 aliphatic rings. The number of fused-ring (bicyclic) bond motifs is 3. The smallest absolute Gasteiger partial charge is 0.269 e. The number of hydrogen-bond donors (Lipinski definition) is 3. The molecular weight excluding hydrogens is 268 g/mol. The van der Waals surface area contributed by atoms with Crippen LogP contribution in [0.25, 0.3) is 0 Å². The number of rotatable bonds is 5. The SMILES string of the molecule is COCCN1CC[C@@H](NC(=O)C2=C3C=C4CC4C3NN2)C1. The van der Waals surface area contributed by atoms with Crippen LogP contribution in [0.3, 0.4) is 0 Å². The number of hydrazine groups is 1. The lowest BCUT2D eigenvalue weighted by atomic mass is 10.1. The monoisotopic (exact) mass is 290 g/mol. The largest absolute Gasteiger partial charge is 0.383 e. The fourth-order valence-electron chi connectivity index (χ4n) is 3.65. The van der Waals surface area contributed by atoms with Gasteiger partial charge in [0, 0.05) is 44.3 Å². The first-order chi connectivity index (χ1) is 10.3. The Morgan fingerprint density at radius 2 is 2.48 bits per heavy atom. The molecule has 1 amide bonds. The molecule has 2 unspecified atom stereocenters. The van der Waals surface area contributed by atoms with Gasteiger partial charge in [-0.2, -0.15) is 0 Å². The zero-order valence-corrected chi connectivity index (χ0v) is 12.3. The number of hydrogen-bond acceptors (Lipinski definition) is 5. The Bertz CT molecular complexity index is 528. The summed E-state index contributed by atoms with van der Waals surface area (Å²) in [6.07, 6.45) is 4.39. The van der Waals surface area contributed by atoms with Gasteiger partial charge in [-0.3, -0.25) is 9.69 Å². The van der Waals surface area contributed by atoms with E-state index in [1.807, 2.05) is 0 Å². The van der Waals surface area contributed by atoms with Gasteiger partial charge in [0.25, 0.3) is 5.91 Å². The molecule has 0 aromatic rings. The quantitative estimate of drug-likeness (QED) is 0.638. The summed E-state index contributed by atoms with van der Waals surface area (Å²) in [7, 11) is 1.72. The molecule has 114 valence electrons. The summed E-state index contributed by atoms with van der Waals surface area (Å²) in [6, 6.07) is 0.564. The van der Waals surface area contributed by atoms with E-state index in [1.54, 1.807) is 7.11 Å². The van der Waals surface area contributed by atoms with Gasteiger partial charge in [-0.1, -0.05) is 11.6 Å². The van der Waals surface area contributed by atoms with Gasteiger partial charge in [0.2, 0.25) is 0 Å². The van der Waals surface area contributed by atoms with Crippen LogP contribution in [0.2, 0.25) is 0 Å². The van der Waals surface area contributed by atoms with Gasteiger partial charge < -0.3 is 15.5 Å². The Kier molecular flexibility index (Phi) is 3.24. The van der Waals surface area contributed by atoms with Gasteiger partial charge in [0.15, 0.2) is 0 Å². The van der Waals surface area contributed by atoms with Crippen LogP contribution in [-0.2, 0) is 9.53 Å². The number of likely N-dealkylation sites (tertiary alicyclic amines) is 1. The lowest BCUT2D eigenvalue weighted by Gasteiger charge is -2.16. The molecule has 21 heavy (non-hydrogen) atoms. The van der Waals surface area contributed by atoms with E-state index < -0.39 is 0 Å². The molecule has 0 aromatic carbocycles. The Hall–Kier alpha value is -1.37. The van der Waals surface area contributed by atoms with Crippen molar-refractivity contribution in [2.24, 2.45) is 5.92 Å². The number of nitrogens with one attached hydrogen (secondary N) is 3. The molecule has 3 N–H and O–H groups in total. The first-order valence-electron chi connectivity index (χ1n) is 7.74. The minimum atomic E-state index is 0.0248. The van der Waals surface area contributed by atoms with Gasteiger partial charge in [-0.15, -0.1) is 0 Å². The van der Waals surface area contributed by atoms with E-state index in [1.165, 1.54) is 12.0 Å². The zero-order valence-electron chi connectivity index (χ0n) is 12.3. The number of nitrogens with zero attached hydrogens (tertiary/aromatic N) is 1. The van der Waals surface area contributed by atoms with Crippen LogP contribution in [0, 0.1) is 5.92 Å². The topological polar surface area (TPSA) is 65.6 Å². The van der Waals surface area contributed by atoms with Crippen LogP contribution in [0.15, 0.2) is 22.9 Å². The zero-order chi connectivity index (χ0) is 14.4. The van der Waals surface area contributed by atoms with Crippen molar-refractivity contribution < 1.29 is 9.53 Å². The highest BCUT2D eigenvalue weighted by atomic mass is 16.5. The van der Waals surface area contributed by atoms with Crippen molar-refractivity contribution in [2.45, 2.75) is 24.9 Å². The molecule has 2 fully saturated rings. The molecule has 2 aliphatic heterocycles. The van der Waals surface area contributed by atoms with Crippen LogP contribution in [0.4, 0.5) is 0 Å². The average Bonchev–Trinajstić information content (AvgIpc) is 2.85. The Labute approximate surface area is 124 Å². The second kappa shape index (κ2) is 5.12. The van der Waals surface area contributed by atoms with Crippen molar-refractivity contribution >= 4 is 5.91 Å². The standard InChI is InChI=1S/C15H22N4O2/c1-21-5-4-19-3-2-10(8-19)16-15(20)14-12-7-9-6-11(9)13(12)17-18-14/h7,10-11,13,17-18H,2-6,8H2,1H3,(H,16,20)/t10-,11?,13?/m1/s1. The van der Waals surface area contributed by atoms with Crippen LogP contribution in [0.1, 0.15) is 12.8 Å². The highest BCUT2D eigenvalue weighted by Crippen LogP contribution is 2.50. The summed E-state index contributed by atoms with van der Waals surface area (Å²) in [5.74, 6) is 0.658. The summed E-state index contributed by atoms with van der Waals surface area (Å²) in [5.41, 5.74) is 9.66. The summed E-state index contributed by atoms with van der Waals surface area (Å²) >= 11 is 0. The molecular formula is C15H22N4O2. The van der Waals surface area contributed by atoms with Crippen molar-refractivity contribution in [3.63, 3.8) is 0 Å². The maximum atomic E-state index is 12.4. The van der Waals surface area contributed by atoms with Gasteiger partial charge in [0.1, 0.15) is 5.70 Å². The van der Waals surface area contributed by atoms with E-state index in [2.05, 4.69) is 27.1 Å². The average molecular weight is 290 g/mol. The molecule has 0 bridgehead atoms. The predicted molar refractivity (Wildman–Crippen MR) is 78.1 cm³/mol. The number of carbonyl (C=O) groups is 1. The van der Waals surface area contributed by atoms with Gasteiger partial charge in [-0.05, 0) is 12.8 Å². The predicted octanol–water partition coefficient (Wildman–Crippen LogP) is -0.486. The first kappa shape index (κ1) is 13.3. The van der Waals surface area contributed by atoms with Crippen molar-refractivity contribution in [2.75, 3.05) is 33.4 Å². The number of methoxy groups -OCH3 is 1. The normalized spacial score (nSPS) is 33.6. The van der Waals surface area contributed by atoms with Crippen LogP contribution < -0.4 is 16.2 Å². The molecule has 1 saturated heterocycles. The molecule has 4 rings (SSSR count). The van der Waals surface area contributed by atoms with E-state index in [0.717, 1.165) is 43.9 Å². The van der Waals surface area contributed by atoms with E-state index in [9.17, 15) is 4.79 Å². The van der Waals surface area contributed by atoms with E-state index in [0.29, 0.717) is 12.0 Å². The summed E-state index contributed by atoms with van der Waals surface area (Å²) in [6.45, 7) is 3.63. The molecule has 6 nitrogen and oxygen atoms in total. The van der Waals surface area contributed by atoms with Crippen LogP contribution >= 0.6 is 0 Å². The van der Waals surface area contributed by atoms with E-state index in [-0.39, 0.29) is 11.9 Å². The Balaban J connectivity index is 1.35. The fraction of sp³-hybridized carbons (Fsp3) is 0.667. The third-order valence-electron chi connectivity index (χ3n) is 4.94. The van der Waals surface area contributed by atoms with Crippen LogP contribution in [-0.4, -0.2) is 56.2 Å². The molecule has 2 aliphatic carbocycles. The number of carbonyl (C=O) groups excluding carboxylic acids is 1. The molecule has 1 saturated carbocycles. The maximum absolute atomic E-state index is 12.4. The highest BCUT2D eigenvalue weighted by Gasteiger charge is 2.48. The van der Waals surface area contributed by atoms with Crippen LogP contribution in [0.5, 0.6) is 0 Å². The summed E-state index contributed by atoms with van der Waals surface area (Å²) in [4.78, 5) is 14.8. The van der Waals surface area contributed by atoms with Crippen molar-refractivity contribution in [1.82, 2.24) is 21.1 Å². The summed E-state index contributed by atoms with van der Waals surface area (Å²) in [5, 5.41) is 3.16. The lowest BCUT2D eigenvalue weighted by molar-refractivity contribution is -0.118. The van der Waals surface area contributed by atoms with Crippen molar-refractivity contribution in [3.8, 4) is 0 Å². The summed E-state index contributed by atoms with van der Waals surface area (Å²) < 4.78 is 5.10. The molecule has 2 heterocycles. The minimum Gasteiger partial charge on any atom is -0.383 e. The number of amides is 1. The molecule has 6 heteroatoms. The number of ether oxygens (including phenoxy) is 1. The minimum absolute atomic E-state index is 0.0248. The Morgan fingerprint density at radius 3 is 3.33 bits per heavy atom. The molecule has 0 aromatic heterocycles. The second-order valence-corrected chi connectivity index (χ2v) is 6.36. The third kappa shape index (κ3) is 2.37. The highest BCUT2D eigenvalue weighted by molar-refractivity contribution is 5.95. The lowest BCUT2D eigenvalue weighted by Crippen LogP contribution is -2.42. The van der Waals surface area contributed by atoms with Gasteiger partial charge in [-0.25, -0.2) is 5.43 Å². The first-order valence-corrected chi connectivity index (χ1v) is 7.74. The third-order valence-corrected chi connectivity index (χ3v) is 4.94. The second-order valence-electron chi connectivity index (χ2n) is 6.36. The maximum Gasteiger partial charge on any atom is 0.269 e. The Morgan fingerprint density at radius 1 is 1.57 bits per heavy atom. The molecule has 3 atom stereocenters. The van der Waals surface area contributed by atoms with E-state index in [4.69, 9.17) is 4.74 Å². The van der Waals surface area contributed by atoms with Gasteiger partial charge in [0.05, 0.1) is 12.6 Å². The molecule has 0 spiro atoms. The fourth-order valence-corrected chi connectivity index (χ4v) is 3.65. The van der Waals surface area contributed by atoms with Gasteiger partial charge >= 0.3 is 0 Å². The van der Waals surface area contributed by atoms with E-state index >= 15 is 0 Å². The van der Waals surface area contributed by atoms with Crippen molar-refractivity contribution in [1.29, 1.82) is 0 Å².